The zero-order valence-corrected chi connectivity index (χ0v) is 22.4. The number of amides is 2. The highest BCUT2D eigenvalue weighted by molar-refractivity contribution is 7.99. The lowest BCUT2D eigenvalue weighted by Crippen LogP contribution is -2.23. The third-order valence-corrected chi connectivity index (χ3v) is 8.23. The van der Waals surface area contributed by atoms with Gasteiger partial charge in [-0.15, -0.1) is 28.1 Å². The number of benzene rings is 1. The van der Waals surface area contributed by atoms with Crippen LogP contribution in [-0.4, -0.2) is 32.3 Å². The molecule has 0 spiro atoms. The Morgan fingerprint density at radius 1 is 1.27 bits per heavy atom. The Labute approximate surface area is 228 Å². The molecule has 2 N–H and O–H groups in total. The van der Waals surface area contributed by atoms with Crippen LogP contribution in [0.3, 0.4) is 0 Å². The minimum absolute atomic E-state index is 0.107. The second kappa shape index (κ2) is 12.7. The minimum atomic E-state index is -0.298. The van der Waals surface area contributed by atoms with E-state index in [1.807, 2.05) is 18.2 Å². The lowest BCUT2D eigenvalue weighted by molar-refractivity contribution is -0.116. The number of allylic oxidation sites excluding steroid dienone is 1. The van der Waals surface area contributed by atoms with E-state index >= 15 is 0 Å². The van der Waals surface area contributed by atoms with Crippen molar-refractivity contribution >= 4 is 57.6 Å². The molecule has 1 aromatic carbocycles. The smallest absolute Gasteiger partial charge is 0.244 e. The van der Waals surface area contributed by atoms with Crippen molar-refractivity contribution in [1.29, 1.82) is 5.26 Å². The Bertz CT molecular complexity index is 1390. The Kier molecular flexibility index (Phi) is 9.17. The van der Waals surface area contributed by atoms with Crippen LogP contribution in [0.25, 0.3) is 6.08 Å². The number of anilines is 1. The van der Waals surface area contributed by atoms with Gasteiger partial charge in [0.2, 0.25) is 11.8 Å². The molecule has 0 bridgehead atoms. The fourth-order valence-electron chi connectivity index (χ4n) is 3.93. The molecule has 0 saturated carbocycles. The zero-order valence-electron chi connectivity index (χ0n) is 20.0. The van der Waals surface area contributed by atoms with Crippen molar-refractivity contribution in [2.75, 3.05) is 11.1 Å². The number of carbonyl (C=O) groups is 2. The van der Waals surface area contributed by atoms with Crippen LogP contribution < -0.4 is 10.6 Å². The predicted octanol–water partition coefficient (Wildman–Crippen LogP) is 4.99. The molecule has 2 amide bonds. The van der Waals surface area contributed by atoms with Gasteiger partial charge in [0.15, 0.2) is 11.0 Å². The van der Waals surface area contributed by atoms with Crippen LogP contribution in [0, 0.1) is 11.3 Å². The van der Waals surface area contributed by atoms with Crippen molar-refractivity contribution in [3.8, 4) is 6.07 Å². The van der Waals surface area contributed by atoms with Crippen LogP contribution in [0.1, 0.15) is 40.2 Å². The molecule has 0 unspecified atom stereocenters. The number of fused-ring (bicyclic) bond motifs is 1. The van der Waals surface area contributed by atoms with Crippen molar-refractivity contribution in [3.63, 3.8) is 0 Å². The number of hydrogen-bond acceptors (Lipinski definition) is 7. The fraction of sp³-hybridized carbons (Fsp3) is 0.269. The summed E-state index contributed by atoms with van der Waals surface area (Å²) in [7, 11) is 0. The quantitative estimate of drug-likeness (QED) is 0.208. The SMILES string of the molecule is C=CCn1c(CNC(=O)/C=C/c2ccccc2Cl)nnc1SCC(=O)Nc1sc2c(c1C#N)CCCC2. The molecule has 0 aliphatic heterocycles. The average molecular weight is 553 g/mol. The number of thioether (sulfide) groups is 1. The summed E-state index contributed by atoms with van der Waals surface area (Å²) in [6.45, 7) is 4.36. The zero-order chi connectivity index (χ0) is 26.2. The molecule has 0 atom stereocenters. The number of nitrogens with one attached hydrogen (secondary N) is 2. The lowest BCUT2D eigenvalue weighted by Gasteiger charge is -2.09. The lowest BCUT2D eigenvalue weighted by atomic mass is 9.96. The van der Waals surface area contributed by atoms with Gasteiger partial charge in [-0.05, 0) is 49.0 Å². The molecule has 4 rings (SSSR count). The molecule has 190 valence electrons. The highest BCUT2D eigenvalue weighted by Gasteiger charge is 2.22. The van der Waals surface area contributed by atoms with Crippen molar-refractivity contribution in [1.82, 2.24) is 20.1 Å². The Morgan fingerprint density at radius 2 is 2.08 bits per heavy atom. The number of nitrogens with zero attached hydrogens (tertiary/aromatic N) is 4. The van der Waals surface area contributed by atoms with E-state index < -0.39 is 0 Å². The molecule has 1 aliphatic rings. The first-order valence-corrected chi connectivity index (χ1v) is 13.9. The number of aryl methyl sites for hydroxylation is 1. The maximum Gasteiger partial charge on any atom is 0.244 e. The van der Waals surface area contributed by atoms with E-state index in [9.17, 15) is 14.9 Å². The molecule has 2 aromatic heterocycles. The van der Waals surface area contributed by atoms with Crippen LogP contribution in [0.2, 0.25) is 5.02 Å². The van der Waals surface area contributed by atoms with Crippen molar-refractivity contribution in [2.24, 2.45) is 0 Å². The highest BCUT2D eigenvalue weighted by atomic mass is 35.5. The van der Waals surface area contributed by atoms with E-state index in [-0.39, 0.29) is 24.1 Å². The largest absolute Gasteiger partial charge is 0.345 e. The van der Waals surface area contributed by atoms with Gasteiger partial charge in [0.05, 0.1) is 17.9 Å². The first-order valence-electron chi connectivity index (χ1n) is 11.7. The standard InChI is InChI=1S/C26H25ClN6O2S2/c1-2-13-33-22(15-29-23(34)12-11-17-7-3-5-9-20(17)27)31-32-26(33)36-16-24(35)30-25-19(14-28)18-8-4-6-10-21(18)37-25/h2-3,5,7,9,11-12H,1,4,6,8,10,13,15-16H2,(H,29,34)(H,30,35)/b12-11+. The van der Waals surface area contributed by atoms with Crippen LogP contribution in [0.4, 0.5) is 5.00 Å². The van der Waals surface area contributed by atoms with Crippen LogP contribution in [0.15, 0.2) is 48.2 Å². The van der Waals surface area contributed by atoms with Gasteiger partial charge in [-0.2, -0.15) is 5.26 Å². The Morgan fingerprint density at radius 3 is 2.86 bits per heavy atom. The Balaban J connectivity index is 1.35. The van der Waals surface area contributed by atoms with E-state index in [0.29, 0.717) is 33.1 Å². The van der Waals surface area contributed by atoms with Gasteiger partial charge in [-0.25, -0.2) is 0 Å². The van der Waals surface area contributed by atoms with Crippen molar-refractivity contribution in [3.05, 3.63) is 75.4 Å². The van der Waals surface area contributed by atoms with E-state index in [0.717, 1.165) is 36.8 Å². The van der Waals surface area contributed by atoms with Gasteiger partial charge in [0.25, 0.3) is 0 Å². The number of hydrogen-bond donors (Lipinski definition) is 2. The van der Waals surface area contributed by atoms with Crippen molar-refractivity contribution in [2.45, 2.75) is 43.9 Å². The fourth-order valence-corrected chi connectivity index (χ4v) is 6.16. The van der Waals surface area contributed by atoms with Gasteiger partial charge >= 0.3 is 0 Å². The summed E-state index contributed by atoms with van der Waals surface area (Å²) in [4.78, 5) is 26.2. The Hall–Kier alpha value is -3.39. The number of carbonyl (C=O) groups excluding carboxylic acids is 2. The number of nitriles is 1. The molecule has 2 heterocycles. The number of aromatic nitrogens is 3. The summed E-state index contributed by atoms with van der Waals surface area (Å²) in [5.74, 6) is 0.136. The number of rotatable bonds is 10. The van der Waals surface area contributed by atoms with Gasteiger partial charge < -0.3 is 15.2 Å². The molecule has 3 aromatic rings. The van der Waals surface area contributed by atoms with E-state index in [2.05, 4.69) is 33.5 Å². The normalized spacial score (nSPS) is 12.6. The van der Waals surface area contributed by atoms with E-state index in [1.165, 1.54) is 34.1 Å². The maximum atomic E-state index is 12.7. The average Bonchev–Trinajstić information content (AvgIpc) is 3.45. The summed E-state index contributed by atoms with van der Waals surface area (Å²) >= 11 is 8.85. The van der Waals surface area contributed by atoms with E-state index in [1.54, 1.807) is 22.8 Å². The summed E-state index contributed by atoms with van der Waals surface area (Å²) in [5, 5.41) is 25.4. The molecule has 37 heavy (non-hydrogen) atoms. The van der Waals surface area contributed by atoms with Crippen molar-refractivity contribution < 1.29 is 9.59 Å². The molecular formula is C26H25ClN6O2S2. The van der Waals surface area contributed by atoms with E-state index in [4.69, 9.17) is 11.6 Å². The topological polar surface area (TPSA) is 113 Å². The van der Waals surface area contributed by atoms with Crippen LogP contribution in [-0.2, 0) is 35.5 Å². The molecule has 0 fully saturated rings. The summed E-state index contributed by atoms with van der Waals surface area (Å²) in [5.41, 5.74) is 2.42. The molecule has 8 nitrogen and oxygen atoms in total. The molecule has 0 radical (unpaired) electrons. The first kappa shape index (κ1) is 26.7. The number of thiophene rings is 1. The van der Waals surface area contributed by atoms with Gasteiger partial charge in [0, 0.05) is 22.5 Å². The maximum absolute atomic E-state index is 12.7. The molecular weight excluding hydrogens is 528 g/mol. The molecule has 0 saturated heterocycles. The second-order valence-electron chi connectivity index (χ2n) is 8.23. The predicted molar refractivity (Wildman–Crippen MR) is 148 cm³/mol. The minimum Gasteiger partial charge on any atom is -0.345 e. The number of halogens is 1. The van der Waals surface area contributed by atoms with Crippen LogP contribution >= 0.6 is 34.7 Å². The second-order valence-corrected chi connectivity index (χ2v) is 10.7. The molecule has 1 aliphatic carbocycles. The summed E-state index contributed by atoms with van der Waals surface area (Å²) in [6.07, 6.45) is 8.78. The highest BCUT2D eigenvalue weighted by Crippen LogP contribution is 2.37. The third kappa shape index (κ3) is 6.68. The summed E-state index contributed by atoms with van der Waals surface area (Å²) in [6, 6.07) is 9.51. The summed E-state index contributed by atoms with van der Waals surface area (Å²) < 4.78 is 1.80. The van der Waals surface area contributed by atoms with Gasteiger partial charge in [-0.3, -0.25) is 9.59 Å². The first-order chi connectivity index (χ1) is 18.0. The monoisotopic (exact) mass is 552 g/mol. The third-order valence-electron chi connectivity index (χ3n) is 5.71. The molecule has 11 heteroatoms. The van der Waals surface area contributed by atoms with Crippen LogP contribution in [0.5, 0.6) is 0 Å². The van der Waals surface area contributed by atoms with Gasteiger partial charge in [-0.1, -0.05) is 47.6 Å². The van der Waals surface area contributed by atoms with Gasteiger partial charge in [0.1, 0.15) is 11.1 Å².